The van der Waals surface area contributed by atoms with Gasteiger partial charge >= 0.3 is 0 Å². The highest BCUT2D eigenvalue weighted by Gasteiger charge is 2.17. The molecule has 1 aliphatic rings. The van der Waals surface area contributed by atoms with Gasteiger partial charge in [-0.3, -0.25) is 4.79 Å². The first-order valence-electron chi connectivity index (χ1n) is 4.87. The normalized spacial score (nSPS) is 15.2. The SMILES string of the molecule is O=C(C1=CCCC1)c1ccc(F)cc1Br. The molecular weight excluding hydrogens is 259 g/mol. The lowest BCUT2D eigenvalue weighted by Gasteiger charge is -2.04. The van der Waals surface area contributed by atoms with Crippen molar-refractivity contribution in [2.75, 3.05) is 0 Å². The van der Waals surface area contributed by atoms with Crippen molar-refractivity contribution in [1.82, 2.24) is 0 Å². The predicted molar refractivity (Wildman–Crippen MR) is 60.4 cm³/mol. The van der Waals surface area contributed by atoms with Crippen molar-refractivity contribution < 1.29 is 9.18 Å². The van der Waals surface area contributed by atoms with Gasteiger partial charge in [0.25, 0.3) is 0 Å². The highest BCUT2D eigenvalue weighted by Crippen LogP contribution is 2.26. The van der Waals surface area contributed by atoms with Crippen LogP contribution in [0.4, 0.5) is 4.39 Å². The van der Waals surface area contributed by atoms with E-state index < -0.39 is 0 Å². The van der Waals surface area contributed by atoms with Crippen LogP contribution in [-0.4, -0.2) is 5.78 Å². The third-order valence-electron chi connectivity index (χ3n) is 2.51. The Morgan fingerprint density at radius 1 is 1.40 bits per heavy atom. The van der Waals surface area contributed by atoms with Gasteiger partial charge in [0.05, 0.1) is 0 Å². The molecule has 0 fully saturated rings. The number of rotatable bonds is 2. The van der Waals surface area contributed by atoms with Crippen LogP contribution in [-0.2, 0) is 0 Å². The van der Waals surface area contributed by atoms with Crippen molar-refractivity contribution in [3.05, 3.63) is 45.7 Å². The van der Waals surface area contributed by atoms with E-state index in [0.717, 1.165) is 24.8 Å². The highest BCUT2D eigenvalue weighted by atomic mass is 79.9. The van der Waals surface area contributed by atoms with E-state index in [2.05, 4.69) is 15.9 Å². The monoisotopic (exact) mass is 268 g/mol. The van der Waals surface area contributed by atoms with Crippen LogP contribution in [0.25, 0.3) is 0 Å². The number of Topliss-reactive ketones (excluding diaryl/α,β-unsaturated/α-hetero) is 1. The van der Waals surface area contributed by atoms with E-state index in [4.69, 9.17) is 0 Å². The summed E-state index contributed by atoms with van der Waals surface area (Å²) in [5.41, 5.74) is 1.40. The molecule has 0 unspecified atom stereocenters. The second-order valence-electron chi connectivity index (χ2n) is 3.57. The summed E-state index contributed by atoms with van der Waals surface area (Å²) in [6.45, 7) is 0. The lowest BCUT2D eigenvalue weighted by Crippen LogP contribution is -2.02. The molecule has 1 aromatic rings. The van der Waals surface area contributed by atoms with Crippen LogP contribution in [0.5, 0.6) is 0 Å². The molecule has 15 heavy (non-hydrogen) atoms. The van der Waals surface area contributed by atoms with Crippen molar-refractivity contribution in [2.24, 2.45) is 0 Å². The molecule has 0 radical (unpaired) electrons. The lowest BCUT2D eigenvalue weighted by molar-refractivity contribution is 0.103. The zero-order valence-electron chi connectivity index (χ0n) is 8.09. The van der Waals surface area contributed by atoms with Gasteiger partial charge in [-0.25, -0.2) is 4.39 Å². The number of carbonyl (C=O) groups is 1. The Morgan fingerprint density at radius 2 is 2.20 bits per heavy atom. The fraction of sp³-hybridized carbons (Fsp3) is 0.250. The summed E-state index contributed by atoms with van der Waals surface area (Å²) >= 11 is 3.21. The van der Waals surface area contributed by atoms with Gasteiger partial charge in [-0.05, 0) is 59.0 Å². The number of allylic oxidation sites excluding steroid dienone is 2. The summed E-state index contributed by atoms with van der Waals surface area (Å²) in [4.78, 5) is 12.0. The van der Waals surface area contributed by atoms with Gasteiger partial charge in [0.2, 0.25) is 0 Å². The van der Waals surface area contributed by atoms with Crippen molar-refractivity contribution in [2.45, 2.75) is 19.3 Å². The largest absolute Gasteiger partial charge is 0.289 e. The minimum Gasteiger partial charge on any atom is -0.289 e. The van der Waals surface area contributed by atoms with Gasteiger partial charge in [-0.2, -0.15) is 0 Å². The summed E-state index contributed by atoms with van der Waals surface area (Å²) in [6, 6.07) is 4.16. The maximum Gasteiger partial charge on any atom is 0.189 e. The Balaban J connectivity index is 2.33. The fourth-order valence-corrected chi connectivity index (χ4v) is 2.25. The predicted octanol–water partition coefficient (Wildman–Crippen LogP) is 3.88. The van der Waals surface area contributed by atoms with E-state index in [0.29, 0.717) is 10.0 Å². The second-order valence-corrected chi connectivity index (χ2v) is 4.43. The molecule has 0 N–H and O–H groups in total. The van der Waals surface area contributed by atoms with Crippen molar-refractivity contribution in [3.63, 3.8) is 0 Å². The smallest absolute Gasteiger partial charge is 0.189 e. The fourth-order valence-electron chi connectivity index (χ4n) is 1.72. The Hall–Kier alpha value is -0.960. The van der Waals surface area contributed by atoms with Crippen LogP contribution in [0.1, 0.15) is 29.6 Å². The minimum absolute atomic E-state index is 0.0133. The molecule has 1 aliphatic carbocycles. The molecule has 0 heterocycles. The quantitative estimate of drug-likeness (QED) is 0.744. The molecule has 0 spiro atoms. The van der Waals surface area contributed by atoms with Crippen LogP contribution in [0.2, 0.25) is 0 Å². The van der Waals surface area contributed by atoms with E-state index >= 15 is 0 Å². The van der Waals surface area contributed by atoms with Gasteiger partial charge in [0.15, 0.2) is 5.78 Å². The second kappa shape index (κ2) is 4.27. The number of ketones is 1. The van der Waals surface area contributed by atoms with E-state index in [-0.39, 0.29) is 11.6 Å². The molecule has 0 saturated carbocycles. The van der Waals surface area contributed by atoms with Crippen LogP contribution in [0.15, 0.2) is 34.3 Å². The zero-order valence-corrected chi connectivity index (χ0v) is 9.68. The summed E-state index contributed by atoms with van der Waals surface area (Å²) in [5.74, 6) is -0.321. The van der Waals surface area contributed by atoms with Gasteiger partial charge < -0.3 is 0 Å². The minimum atomic E-state index is -0.334. The van der Waals surface area contributed by atoms with Gasteiger partial charge in [-0.15, -0.1) is 0 Å². The zero-order chi connectivity index (χ0) is 10.8. The molecule has 3 heteroatoms. The molecular formula is C12H10BrFO. The molecule has 0 bridgehead atoms. The van der Waals surface area contributed by atoms with E-state index in [1.165, 1.54) is 18.2 Å². The molecule has 0 saturated heterocycles. The molecule has 0 aliphatic heterocycles. The van der Waals surface area contributed by atoms with Crippen molar-refractivity contribution in [1.29, 1.82) is 0 Å². The topological polar surface area (TPSA) is 17.1 Å². The van der Waals surface area contributed by atoms with Crippen LogP contribution in [0, 0.1) is 5.82 Å². The number of hydrogen-bond donors (Lipinski definition) is 0. The standard InChI is InChI=1S/C12H10BrFO/c13-11-7-9(14)5-6-10(11)12(15)8-3-1-2-4-8/h3,5-7H,1-2,4H2. The van der Waals surface area contributed by atoms with Crippen LogP contribution >= 0.6 is 15.9 Å². The average Bonchev–Trinajstić information content (AvgIpc) is 2.69. The van der Waals surface area contributed by atoms with Gasteiger partial charge in [0, 0.05) is 10.0 Å². The number of carbonyl (C=O) groups excluding carboxylic acids is 1. The highest BCUT2D eigenvalue weighted by molar-refractivity contribution is 9.10. The van der Waals surface area contributed by atoms with Gasteiger partial charge in [-0.1, -0.05) is 6.08 Å². The molecule has 0 amide bonds. The Morgan fingerprint density at radius 3 is 2.80 bits per heavy atom. The summed E-state index contributed by atoms with van der Waals surface area (Å²) < 4.78 is 13.4. The number of benzene rings is 1. The summed E-state index contributed by atoms with van der Waals surface area (Å²) in [6.07, 6.45) is 4.82. The average molecular weight is 269 g/mol. The van der Waals surface area contributed by atoms with Crippen LogP contribution < -0.4 is 0 Å². The summed E-state index contributed by atoms with van der Waals surface area (Å²) in [7, 11) is 0. The van der Waals surface area contributed by atoms with Crippen LogP contribution in [0.3, 0.4) is 0 Å². The maximum absolute atomic E-state index is 12.8. The molecule has 78 valence electrons. The first-order valence-corrected chi connectivity index (χ1v) is 5.66. The first kappa shape index (κ1) is 10.6. The Labute approximate surface area is 96.1 Å². The Bertz CT molecular complexity index is 437. The molecule has 1 nitrogen and oxygen atoms in total. The van der Waals surface area contributed by atoms with Crippen molar-refractivity contribution in [3.8, 4) is 0 Å². The number of halogens is 2. The van der Waals surface area contributed by atoms with E-state index in [1.807, 2.05) is 6.08 Å². The van der Waals surface area contributed by atoms with Gasteiger partial charge in [0.1, 0.15) is 5.82 Å². The molecule has 1 aromatic carbocycles. The van der Waals surface area contributed by atoms with E-state index in [1.54, 1.807) is 0 Å². The number of hydrogen-bond acceptors (Lipinski definition) is 1. The first-order chi connectivity index (χ1) is 7.18. The third-order valence-corrected chi connectivity index (χ3v) is 3.16. The third kappa shape index (κ3) is 2.17. The Kier molecular flexibility index (Phi) is 3.00. The molecule has 2 rings (SSSR count). The van der Waals surface area contributed by atoms with Crippen molar-refractivity contribution >= 4 is 21.7 Å². The molecule has 0 aromatic heterocycles. The molecule has 0 atom stereocenters. The summed E-state index contributed by atoms with van der Waals surface area (Å²) in [5, 5.41) is 0. The van der Waals surface area contributed by atoms with E-state index in [9.17, 15) is 9.18 Å². The lowest BCUT2D eigenvalue weighted by atomic mass is 10.0. The maximum atomic E-state index is 12.8.